The lowest BCUT2D eigenvalue weighted by molar-refractivity contribution is 0.0279. The molecule has 2 aromatic rings. The van der Waals surface area contributed by atoms with Crippen LogP contribution in [0.2, 0.25) is 0 Å². The molecule has 6 heteroatoms. The summed E-state index contributed by atoms with van der Waals surface area (Å²) >= 11 is 0. The third-order valence-electron chi connectivity index (χ3n) is 5.37. The largest absolute Gasteiger partial charge is 0.491 e. The van der Waals surface area contributed by atoms with E-state index in [-0.39, 0.29) is 19.8 Å². The number of ether oxygens (including phenoxy) is 1. The molecule has 1 aliphatic heterocycles. The van der Waals surface area contributed by atoms with Crippen LogP contribution in [0, 0.1) is 17.0 Å². The molecule has 4 nitrogen and oxygen atoms in total. The second-order valence-corrected chi connectivity index (χ2v) is 7.56. The van der Waals surface area contributed by atoms with Crippen molar-refractivity contribution in [2.75, 3.05) is 32.9 Å². The summed E-state index contributed by atoms with van der Waals surface area (Å²) in [5.41, 5.74) is 0.985. The van der Waals surface area contributed by atoms with Crippen molar-refractivity contribution in [1.82, 2.24) is 4.90 Å². The smallest absolute Gasteiger partial charge is 0.129 e. The summed E-state index contributed by atoms with van der Waals surface area (Å²) in [5, 5.41) is 19.1. The van der Waals surface area contributed by atoms with Crippen molar-refractivity contribution in [3.05, 3.63) is 65.2 Å². The minimum absolute atomic E-state index is 0.0467. The summed E-state index contributed by atoms with van der Waals surface area (Å²) in [6.07, 6.45) is 2.05. The molecular formula is C22H27F2NO3. The van der Waals surface area contributed by atoms with E-state index in [1.54, 1.807) is 0 Å². The van der Waals surface area contributed by atoms with Crippen LogP contribution in [0.1, 0.15) is 24.0 Å². The van der Waals surface area contributed by atoms with Crippen molar-refractivity contribution in [1.29, 1.82) is 0 Å². The van der Waals surface area contributed by atoms with Crippen LogP contribution in [-0.2, 0) is 13.0 Å². The van der Waals surface area contributed by atoms with Gasteiger partial charge in [0.1, 0.15) is 24.0 Å². The molecule has 0 amide bonds. The standard InChI is InChI=1S/C22H27F2NO3/c23-19-7-6-17(20(24)12-19)13-22(16-27)8-3-9-25(15-22)14-18-4-1-2-5-21(18)28-11-10-26/h1-2,4-7,12,26-27H,3,8-11,13-16H2/t22-/m1/s1. The molecule has 0 aliphatic carbocycles. The number of benzene rings is 2. The van der Waals surface area contributed by atoms with E-state index in [9.17, 15) is 13.9 Å². The third kappa shape index (κ3) is 5.07. The number of piperidine rings is 1. The minimum atomic E-state index is -0.593. The fourth-order valence-corrected chi connectivity index (χ4v) is 4.02. The van der Waals surface area contributed by atoms with E-state index in [2.05, 4.69) is 4.90 Å². The average Bonchev–Trinajstić information content (AvgIpc) is 2.70. The Labute approximate surface area is 164 Å². The molecule has 1 aliphatic rings. The molecule has 2 N–H and O–H groups in total. The fraction of sp³-hybridized carbons (Fsp3) is 0.455. The molecule has 0 spiro atoms. The number of hydrogen-bond acceptors (Lipinski definition) is 4. The molecule has 0 unspecified atom stereocenters. The Morgan fingerprint density at radius 3 is 2.64 bits per heavy atom. The highest BCUT2D eigenvalue weighted by Gasteiger charge is 2.36. The Balaban J connectivity index is 1.73. The van der Waals surface area contributed by atoms with Gasteiger partial charge < -0.3 is 14.9 Å². The van der Waals surface area contributed by atoms with E-state index in [1.165, 1.54) is 12.1 Å². The van der Waals surface area contributed by atoms with Crippen LogP contribution < -0.4 is 4.74 Å². The normalized spacial score (nSPS) is 20.3. The zero-order valence-corrected chi connectivity index (χ0v) is 15.9. The first-order chi connectivity index (χ1) is 13.5. The molecule has 3 rings (SSSR count). The van der Waals surface area contributed by atoms with Crippen LogP contribution in [0.5, 0.6) is 5.75 Å². The second kappa shape index (κ2) is 9.45. The maximum Gasteiger partial charge on any atom is 0.129 e. The van der Waals surface area contributed by atoms with Crippen molar-refractivity contribution in [3.8, 4) is 5.75 Å². The zero-order chi connectivity index (χ0) is 20.0. The van der Waals surface area contributed by atoms with Crippen molar-refractivity contribution < 1.29 is 23.7 Å². The number of aliphatic hydroxyl groups is 2. The SMILES string of the molecule is OCCOc1ccccc1CN1CCC[C@@](CO)(Cc2ccc(F)cc2F)C1. The molecule has 0 aromatic heterocycles. The van der Waals surface area contributed by atoms with Crippen LogP contribution in [0.15, 0.2) is 42.5 Å². The van der Waals surface area contributed by atoms with Gasteiger partial charge in [-0.15, -0.1) is 0 Å². The molecule has 1 atom stereocenters. The van der Waals surface area contributed by atoms with Crippen LogP contribution in [0.4, 0.5) is 8.78 Å². The Morgan fingerprint density at radius 2 is 1.89 bits per heavy atom. The molecule has 0 saturated carbocycles. The lowest BCUT2D eigenvalue weighted by Crippen LogP contribution is -2.46. The first-order valence-corrected chi connectivity index (χ1v) is 9.64. The maximum absolute atomic E-state index is 14.2. The summed E-state index contributed by atoms with van der Waals surface area (Å²) in [4.78, 5) is 2.24. The highest BCUT2D eigenvalue weighted by molar-refractivity contribution is 5.33. The van der Waals surface area contributed by atoms with Gasteiger partial charge in [0.2, 0.25) is 0 Å². The molecule has 1 saturated heterocycles. The van der Waals surface area contributed by atoms with Crippen molar-refractivity contribution >= 4 is 0 Å². The molecule has 2 aromatic carbocycles. The Morgan fingerprint density at radius 1 is 1.07 bits per heavy atom. The molecule has 152 valence electrons. The van der Waals surface area contributed by atoms with Crippen LogP contribution in [0.25, 0.3) is 0 Å². The van der Waals surface area contributed by atoms with Gasteiger partial charge in [-0.1, -0.05) is 24.3 Å². The van der Waals surface area contributed by atoms with Gasteiger partial charge >= 0.3 is 0 Å². The number of rotatable bonds is 8. The Bertz CT molecular complexity index is 786. The number of likely N-dealkylation sites (tertiary alicyclic amines) is 1. The molecule has 1 fully saturated rings. The number of para-hydroxylation sites is 1. The number of aliphatic hydroxyl groups excluding tert-OH is 2. The second-order valence-electron chi connectivity index (χ2n) is 7.56. The predicted octanol–water partition coefficient (Wildman–Crippen LogP) is 3.15. The van der Waals surface area contributed by atoms with E-state index >= 15 is 0 Å². The van der Waals surface area contributed by atoms with E-state index < -0.39 is 17.0 Å². The van der Waals surface area contributed by atoms with E-state index in [0.29, 0.717) is 25.1 Å². The van der Waals surface area contributed by atoms with Crippen LogP contribution in [0.3, 0.4) is 0 Å². The summed E-state index contributed by atoms with van der Waals surface area (Å²) < 4.78 is 33.0. The van der Waals surface area contributed by atoms with Gasteiger partial charge in [0, 0.05) is 30.1 Å². The van der Waals surface area contributed by atoms with E-state index in [4.69, 9.17) is 9.84 Å². The quantitative estimate of drug-likeness (QED) is 0.726. The maximum atomic E-state index is 14.2. The number of halogens is 2. The highest BCUT2D eigenvalue weighted by atomic mass is 19.1. The van der Waals surface area contributed by atoms with Crippen molar-refractivity contribution in [2.45, 2.75) is 25.8 Å². The van der Waals surface area contributed by atoms with Crippen LogP contribution in [-0.4, -0.2) is 48.0 Å². The number of nitrogens with zero attached hydrogens (tertiary/aromatic N) is 1. The Hall–Kier alpha value is -2.02. The van der Waals surface area contributed by atoms with E-state index in [0.717, 1.165) is 36.8 Å². The topological polar surface area (TPSA) is 52.9 Å². The van der Waals surface area contributed by atoms with Crippen molar-refractivity contribution in [2.24, 2.45) is 5.41 Å². The van der Waals surface area contributed by atoms with Gasteiger partial charge in [-0.05, 0) is 43.5 Å². The lowest BCUT2D eigenvalue weighted by atomic mass is 9.75. The lowest BCUT2D eigenvalue weighted by Gasteiger charge is -2.42. The van der Waals surface area contributed by atoms with Crippen LogP contribution >= 0.6 is 0 Å². The molecule has 0 radical (unpaired) electrons. The van der Waals surface area contributed by atoms with Gasteiger partial charge in [0.05, 0.1) is 13.2 Å². The monoisotopic (exact) mass is 391 g/mol. The van der Waals surface area contributed by atoms with Gasteiger partial charge in [0.25, 0.3) is 0 Å². The zero-order valence-electron chi connectivity index (χ0n) is 15.9. The van der Waals surface area contributed by atoms with Gasteiger partial charge in [-0.25, -0.2) is 8.78 Å². The van der Waals surface area contributed by atoms with Gasteiger partial charge in [-0.3, -0.25) is 4.90 Å². The highest BCUT2D eigenvalue weighted by Crippen LogP contribution is 2.35. The predicted molar refractivity (Wildman–Crippen MR) is 103 cm³/mol. The summed E-state index contributed by atoms with van der Waals surface area (Å²) in [5.74, 6) is -0.418. The molecular weight excluding hydrogens is 364 g/mol. The number of hydrogen-bond donors (Lipinski definition) is 2. The minimum Gasteiger partial charge on any atom is -0.491 e. The molecule has 28 heavy (non-hydrogen) atoms. The summed E-state index contributed by atoms with van der Waals surface area (Å²) in [6.45, 7) is 2.28. The molecule has 1 heterocycles. The van der Waals surface area contributed by atoms with Crippen molar-refractivity contribution in [3.63, 3.8) is 0 Å². The molecule has 0 bridgehead atoms. The van der Waals surface area contributed by atoms with Gasteiger partial charge in [0.15, 0.2) is 0 Å². The fourth-order valence-electron chi connectivity index (χ4n) is 4.02. The Kier molecular flexibility index (Phi) is 6.99. The summed E-state index contributed by atoms with van der Waals surface area (Å²) in [7, 11) is 0. The summed E-state index contributed by atoms with van der Waals surface area (Å²) in [6, 6.07) is 11.3. The first-order valence-electron chi connectivity index (χ1n) is 9.64. The average molecular weight is 391 g/mol. The third-order valence-corrected chi connectivity index (χ3v) is 5.37. The first kappa shape index (κ1) is 20.7. The van der Waals surface area contributed by atoms with E-state index in [1.807, 2.05) is 24.3 Å². The van der Waals surface area contributed by atoms with Gasteiger partial charge in [-0.2, -0.15) is 0 Å².